The second kappa shape index (κ2) is 10.6. The monoisotopic (exact) mass is 451 g/mol. The van der Waals surface area contributed by atoms with Gasteiger partial charge in [0.05, 0.1) is 12.3 Å². The normalized spacial score (nSPS) is 21.8. The van der Waals surface area contributed by atoms with Crippen molar-refractivity contribution in [3.63, 3.8) is 0 Å². The second-order valence-corrected chi connectivity index (χ2v) is 9.34. The van der Waals surface area contributed by atoms with Crippen LogP contribution in [-0.2, 0) is 10.2 Å². The van der Waals surface area contributed by atoms with Gasteiger partial charge in [0, 0.05) is 55.0 Å². The minimum Gasteiger partial charge on any atom is -0.383 e. The number of methoxy groups -OCH3 is 1. The number of fused-ring (bicyclic) bond motifs is 1. The Hall–Kier alpha value is -2.51. The van der Waals surface area contributed by atoms with Gasteiger partial charge < -0.3 is 20.7 Å². The van der Waals surface area contributed by atoms with Crippen LogP contribution in [0.1, 0.15) is 68.3 Å². The van der Waals surface area contributed by atoms with Crippen LogP contribution in [0.5, 0.6) is 0 Å². The first-order valence-corrected chi connectivity index (χ1v) is 12.3. The van der Waals surface area contributed by atoms with E-state index in [4.69, 9.17) is 9.72 Å². The Morgan fingerprint density at radius 2 is 1.88 bits per heavy atom. The highest BCUT2D eigenvalue weighted by molar-refractivity contribution is 5.98. The van der Waals surface area contributed by atoms with Gasteiger partial charge in [-0.1, -0.05) is 19.9 Å². The smallest absolute Gasteiger partial charge is 0.251 e. The van der Waals surface area contributed by atoms with Crippen molar-refractivity contribution >= 4 is 11.9 Å². The third-order valence-electron chi connectivity index (χ3n) is 7.53. The summed E-state index contributed by atoms with van der Waals surface area (Å²) in [7, 11) is 1.74. The first-order valence-electron chi connectivity index (χ1n) is 12.3. The van der Waals surface area contributed by atoms with Crippen molar-refractivity contribution in [2.75, 3.05) is 32.1 Å². The number of nitrogens with one attached hydrogen (secondary N) is 3. The molecule has 1 fully saturated rings. The second-order valence-electron chi connectivity index (χ2n) is 9.34. The quantitative estimate of drug-likeness (QED) is 0.501. The molecule has 7 heteroatoms. The van der Waals surface area contributed by atoms with Crippen molar-refractivity contribution in [2.45, 2.75) is 69.9 Å². The van der Waals surface area contributed by atoms with E-state index in [-0.39, 0.29) is 11.3 Å². The largest absolute Gasteiger partial charge is 0.383 e. The summed E-state index contributed by atoms with van der Waals surface area (Å²) >= 11 is 0. The van der Waals surface area contributed by atoms with Gasteiger partial charge in [-0.3, -0.25) is 4.79 Å². The van der Waals surface area contributed by atoms with E-state index in [0.717, 1.165) is 74.1 Å². The van der Waals surface area contributed by atoms with Crippen molar-refractivity contribution in [2.24, 2.45) is 0 Å². The first-order chi connectivity index (χ1) is 16.1. The number of carbonyl (C=O) groups is 1. The predicted molar refractivity (Wildman–Crippen MR) is 132 cm³/mol. The highest BCUT2D eigenvalue weighted by Gasteiger charge is 2.36. The molecule has 2 aliphatic rings. The SMILES string of the molecule is CCC1(CC)CNC(=O)c2ccc(-c3ccnc(NC4CCC(NCCOC)CC4)n3)cc21. The number of benzene rings is 1. The van der Waals surface area contributed by atoms with E-state index in [9.17, 15) is 4.79 Å². The molecular formula is C26H37N5O2. The number of ether oxygens (including phenoxy) is 1. The zero-order chi connectivity index (χ0) is 23.3. The van der Waals surface area contributed by atoms with Gasteiger partial charge in [0.25, 0.3) is 5.91 Å². The number of hydrogen-bond donors (Lipinski definition) is 3. The van der Waals surface area contributed by atoms with E-state index in [2.05, 4.69) is 40.8 Å². The van der Waals surface area contributed by atoms with E-state index in [1.54, 1.807) is 7.11 Å². The molecule has 4 rings (SSSR count). The molecule has 1 saturated carbocycles. The third-order valence-corrected chi connectivity index (χ3v) is 7.53. The van der Waals surface area contributed by atoms with Crippen molar-refractivity contribution < 1.29 is 9.53 Å². The number of carbonyl (C=O) groups excluding carboxylic acids is 1. The molecule has 1 aliphatic heterocycles. The van der Waals surface area contributed by atoms with Gasteiger partial charge in [-0.05, 0) is 62.3 Å². The summed E-state index contributed by atoms with van der Waals surface area (Å²) in [5.74, 6) is 0.697. The van der Waals surface area contributed by atoms with Crippen molar-refractivity contribution in [1.29, 1.82) is 0 Å². The maximum atomic E-state index is 12.5. The lowest BCUT2D eigenvalue weighted by Gasteiger charge is -2.38. The molecule has 0 spiro atoms. The molecule has 3 N–H and O–H groups in total. The van der Waals surface area contributed by atoms with Gasteiger partial charge in [-0.25, -0.2) is 9.97 Å². The standard InChI is InChI=1S/C26H37N5O2/c1-4-26(5-2)17-29-24(32)21-11-6-18(16-22(21)26)23-12-13-28-25(31-23)30-20-9-7-19(8-10-20)27-14-15-33-3/h6,11-13,16,19-20,27H,4-5,7-10,14-15,17H2,1-3H3,(H,29,32)(H,28,30,31). The van der Waals surface area contributed by atoms with Gasteiger partial charge in [0.15, 0.2) is 0 Å². The Bertz CT molecular complexity index is 951. The molecule has 1 amide bonds. The first kappa shape index (κ1) is 23.6. The summed E-state index contributed by atoms with van der Waals surface area (Å²) in [6.07, 6.45) is 8.28. The molecule has 1 aromatic heterocycles. The molecule has 2 aromatic rings. The number of hydrogen-bond acceptors (Lipinski definition) is 6. The van der Waals surface area contributed by atoms with Crippen LogP contribution in [0.25, 0.3) is 11.3 Å². The Morgan fingerprint density at radius 3 is 2.61 bits per heavy atom. The average molecular weight is 452 g/mol. The molecule has 1 aliphatic carbocycles. The summed E-state index contributed by atoms with van der Waals surface area (Å²) in [6.45, 7) is 6.75. The molecule has 0 atom stereocenters. The summed E-state index contributed by atoms with van der Waals surface area (Å²) < 4.78 is 5.13. The van der Waals surface area contributed by atoms with Gasteiger partial charge in [0.2, 0.25) is 5.95 Å². The molecule has 2 heterocycles. The summed E-state index contributed by atoms with van der Waals surface area (Å²) in [5.41, 5.74) is 3.82. The van der Waals surface area contributed by atoms with Crippen molar-refractivity contribution in [3.8, 4) is 11.3 Å². The Morgan fingerprint density at radius 1 is 1.12 bits per heavy atom. The molecule has 0 saturated heterocycles. The van der Waals surface area contributed by atoms with Gasteiger partial charge in [-0.15, -0.1) is 0 Å². The molecule has 33 heavy (non-hydrogen) atoms. The minimum absolute atomic E-state index is 0.0198. The summed E-state index contributed by atoms with van der Waals surface area (Å²) in [4.78, 5) is 21.8. The van der Waals surface area contributed by atoms with Crippen LogP contribution in [0.3, 0.4) is 0 Å². The van der Waals surface area contributed by atoms with E-state index in [0.29, 0.717) is 24.6 Å². The van der Waals surface area contributed by atoms with Crippen LogP contribution < -0.4 is 16.0 Å². The fourth-order valence-corrected chi connectivity index (χ4v) is 5.24. The lowest BCUT2D eigenvalue weighted by atomic mass is 9.71. The van der Waals surface area contributed by atoms with Crippen molar-refractivity contribution in [1.82, 2.24) is 20.6 Å². The van der Waals surface area contributed by atoms with Crippen LogP contribution >= 0.6 is 0 Å². The van der Waals surface area contributed by atoms with Crippen LogP contribution in [-0.4, -0.2) is 54.8 Å². The summed E-state index contributed by atoms with van der Waals surface area (Å²) in [5, 5.41) is 10.2. The molecule has 7 nitrogen and oxygen atoms in total. The van der Waals surface area contributed by atoms with E-state index in [1.165, 1.54) is 0 Å². The zero-order valence-corrected chi connectivity index (χ0v) is 20.1. The van der Waals surface area contributed by atoms with Crippen LogP contribution in [0.15, 0.2) is 30.5 Å². The van der Waals surface area contributed by atoms with Gasteiger partial charge in [0.1, 0.15) is 0 Å². The molecule has 0 radical (unpaired) electrons. The van der Waals surface area contributed by atoms with Crippen LogP contribution in [0.2, 0.25) is 0 Å². The molecular weight excluding hydrogens is 414 g/mol. The molecule has 1 aromatic carbocycles. The number of anilines is 1. The van der Waals surface area contributed by atoms with E-state index < -0.39 is 0 Å². The Kier molecular flexibility index (Phi) is 7.60. The topological polar surface area (TPSA) is 88.2 Å². The Balaban J connectivity index is 1.47. The van der Waals surface area contributed by atoms with Gasteiger partial charge in [-0.2, -0.15) is 0 Å². The number of aromatic nitrogens is 2. The summed E-state index contributed by atoms with van der Waals surface area (Å²) in [6, 6.07) is 9.03. The maximum Gasteiger partial charge on any atom is 0.251 e. The predicted octanol–water partition coefficient (Wildman–Crippen LogP) is 3.90. The maximum absolute atomic E-state index is 12.5. The van der Waals surface area contributed by atoms with E-state index in [1.807, 2.05) is 24.4 Å². The number of nitrogens with zero attached hydrogens (tertiary/aromatic N) is 2. The number of rotatable bonds is 9. The van der Waals surface area contributed by atoms with Gasteiger partial charge >= 0.3 is 0 Å². The fraction of sp³-hybridized carbons (Fsp3) is 0.577. The highest BCUT2D eigenvalue weighted by atomic mass is 16.5. The minimum atomic E-state index is -0.0245. The fourth-order valence-electron chi connectivity index (χ4n) is 5.24. The molecule has 0 unspecified atom stereocenters. The molecule has 178 valence electrons. The average Bonchev–Trinajstić information content (AvgIpc) is 2.86. The lowest BCUT2D eigenvalue weighted by molar-refractivity contribution is 0.0921. The Labute approximate surface area is 197 Å². The van der Waals surface area contributed by atoms with Crippen LogP contribution in [0, 0.1) is 0 Å². The molecule has 0 bridgehead atoms. The van der Waals surface area contributed by atoms with E-state index >= 15 is 0 Å². The van der Waals surface area contributed by atoms with Crippen molar-refractivity contribution in [3.05, 3.63) is 41.6 Å². The van der Waals surface area contributed by atoms with Crippen LogP contribution in [0.4, 0.5) is 5.95 Å². The zero-order valence-electron chi connectivity index (χ0n) is 20.1. The third kappa shape index (κ3) is 5.20. The highest BCUT2D eigenvalue weighted by Crippen LogP contribution is 2.38. The lowest BCUT2D eigenvalue weighted by Crippen LogP contribution is -2.46. The number of amides is 1.